The summed E-state index contributed by atoms with van der Waals surface area (Å²) in [4.78, 5) is 12.3. The van der Waals surface area contributed by atoms with Gasteiger partial charge in [-0.05, 0) is 30.3 Å². The molecule has 2 aromatic carbocycles. The van der Waals surface area contributed by atoms with Crippen LogP contribution in [0.25, 0.3) is 0 Å². The van der Waals surface area contributed by atoms with Gasteiger partial charge in [0, 0.05) is 17.7 Å². The maximum atomic E-state index is 12.3. The van der Waals surface area contributed by atoms with Crippen LogP contribution in [0.5, 0.6) is 23.0 Å². The van der Waals surface area contributed by atoms with Crippen molar-refractivity contribution in [1.29, 1.82) is 0 Å². The van der Waals surface area contributed by atoms with E-state index in [0.29, 0.717) is 35.1 Å². The van der Waals surface area contributed by atoms with E-state index in [9.17, 15) is 4.79 Å². The van der Waals surface area contributed by atoms with Gasteiger partial charge in [0.15, 0.2) is 11.5 Å². The SMILES string of the molecule is COc1cccc(C(=O)NCc2ccc(OC)c(OC)c2OC)c1. The number of hydrogen-bond acceptors (Lipinski definition) is 5. The van der Waals surface area contributed by atoms with Gasteiger partial charge in [0.25, 0.3) is 5.91 Å². The third-order valence-corrected chi connectivity index (χ3v) is 3.56. The number of nitrogens with one attached hydrogen (secondary N) is 1. The third kappa shape index (κ3) is 3.71. The van der Waals surface area contributed by atoms with E-state index in [1.165, 1.54) is 0 Å². The first-order valence-electron chi connectivity index (χ1n) is 7.34. The molecule has 6 heteroatoms. The summed E-state index contributed by atoms with van der Waals surface area (Å²) >= 11 is 0. The van der Waals surface area contributed by atoms with Gasteiger partial charge in [0.1, 0.15) is 5.75 Å². The molecule has 2 rings (SSSR count). The summed E-state index contributed by atoms with van der Waals surface area (Å²) in [7, 11) is 6.21. The lowest BCUT2D eigenvalue weighted by Crippen LogP contribution is -2.23. The molecule has 0 fully saturated rings. The van der Waals surface area contributed by atoms with Gasteiger partial charge in [-0.15, -0.1) is 0 Å². The van der Waals surface area contributed by atoms with Gasteiger partial charge >= 0.3 is 0 Å². The van der Waals surface area contributed by atoms with Crippen LogP contribution in [0.2, 0.25) is 0 Å². The first kappa shape index (κ1) is 17.5. The zero-order valence-corrected chi connectivity index (χ0v) is 14.2. The van der Waals surface area contributed by atoms with Crippen molar-refractivity contribution in [3.63, 3.8) is 0 Å². The summed E-state index contributed by atoms with van der Waals surface area (Å²) in [5, 5.41) is 2.86. The van der Waals surface area contributed by atoms with Gasteiger partial charge in [-0.2, -0.15) is 0 Å². The Morgan fingerprint density at radius 3 is 2.29 bits per heavy atom. The Labute approximate surface area is 141 Å². The highest BCUT2D eigenvalue weighted by Crippen LogP contribution is 2.39. The van der Waals surface area contributed by atoms with Gasteiger partial charge in [0.2, 0.25) is 5.75 Å². The van der Waals surface area contributed by atoms with E-state index in [1.54, 1.807) is 58.8 Å². The molecular formula is C18H21NO5. The maximum absolute atomic E-state index is 12.3. The van der Waals surface area contributed by atoms with Crippen LogP contribution in [-0.2, 0) is 6.54 Å². The second-order valence-electron chi connectivity index (χ2n) is 4.91. The Morgan fingerprint density at radius 1 is 0.917 bits per heavy atom. The quantitative estimate of drug-likeness (QED) is 0.845. The minimum Gasteiger partial charge on any atom is -0.497 e. The van der Waals surface area contributed by atoms with E-state index in [0.717, 1.165) is 5.56 Å². The van der Waals surface area contributed by atoms with Crippen molar-refractivity contribution in [2.75, 3.05) is 28.4 Å². The molecule has 24 heavy (non-hydrogen) atoms. The standard InChI is InChI=1S/C18H21NO5/c1-21-14-7-5-6-12(10-14)18(20)19-11-13-8-9-15(22-2)17(24-4)16(13)23-3/h5-10H,11H2,1-4H3,(H,19,20). The van der Waals surface area contributed by atoms with E-state index in [1.807, 2.05) is 6.07 Å². The molecule has 1 N–H and O–H groups in total. The van der Waals surface area contributed by atoms with E-state index >= 15 is 0 Å². The number of amides is 1. The molecule has 0 aromatic heterocycles. The molecule has 0 atom stereocenters. The average molecular weight is 331 g/mol. The number of carbonyl (C=O) groups excluding carboxylic acids is 1. The number of carbonyl (C=O) groups is 1. The molecule has 0 spiro atoms. The summed E-state index contributed by atoms with van der Waals surface area (Å²) < 4.78 is 21.1. The topological polar surface area (TPSA) is 66.0 Å². The van der Waals surface area contributed by atoms with Crippen LogP contribution < -0.4 is 24.3 Å². The van der Waals surface area contributed by atoms with Crippen molar-refractivity contribution in [2.24, 2.45) is 0 Å². The van der Waals surface area contributed by atoms with Crippen LogP contribution in [0.1, 0.15) is 15.9 Å². The second kappa shape index (κ2) is 8.10. The van der Waals surface area contributed by atoms with Crippen LogP contribution in [0.4, 0.5) is 0 Å². The van der Waals surface area contributed by atoms with Crippen molar-refractivity contribution >= 4 is 5.91 Å². The van der Waals surface area contributed by atoms with Gasteiger partial charge < -0.3 is 24.3 Å². The highest BCUT2D eigenvalue weighted by Gasteiger charge is 2.16. The largest absolute Gasteiger partial charge is 0.497 e. The lowest BCUT2D eigenvalue weighted by atomic mass is 10.1. The van der Waals surface area contributed by atoms with Gasteiger partial charge in [-0.3, -0.25) is 4.79 Å². The van der Waals surface area contributed by atoms with E-state index < -0.39 is 0 Å². The fourth-order valence-electron chi connectivity index (χ4n) is 2.34. The van der Waals surface area contributed by atoms with Crippen LogP contribution in [-0.4, -0.2) is 34.3 Å². The zero-order chi connectivity index (χ0) is 17.5. The summed E-state index contributed by atoms with van der Waals surface area (Å²) in [6.45, 7) is 0.291. The second-order valence-corrected chi connectivity index (χ2v) is 4.91. The van der Waals surface area contributed by atoms with Crippen LogP contribution >= 0.6 is 0 Å². The Bertz CT molecular complexity index is 715. The third-order valence-electron chi connectivity index (χ3n) is 3.56. The number of hydrogen-bond donors (Lipinski definition) is 1. The lowest BCUT2D eigenvalue weighted by Gasteiger charge is -2.16. The maximum Gasteiger partial charge on any atom is 0.251 e. The summed E-state index contributed by atoms with van der Waals surface area (Å²) in [6, 6.07) is 10.6. The molecule has 0 aliphatic carbocycles. The first-order chi connectivity index (χ1) is 11.6. The Balaban J connectivity index is 2.17. The highest BCUT2D eigenvalue weighted by atomic mass is 16.5. The van der Waals surface area contributed by atoms with Gasteiger partial charge in [-0.1, -0.05) is 6.07 Å². The molecule has 0 bridgehead atoms. The fraction of sp³-hybridized carbons (Fsp3) is 0.278. The molecule has 0 radical (unpaired) electrons. The normalized spacial score (nSPS) is 10.0. The Hall–Kier alpha value is -2.89. The highest BCUT2D eigenvalue weighted by molar-refractivity contribution is 5.94. The summed E-state index contributed by atoms with van der Waals surface area (Å²) in [6.07, 6.45) is 0. The molecule has 0 unspecified atom stereocenters. The number of methoxy groups -OCH3 is 4. The molecule has 0 aliphatic rings. The minimum absolute atomic E-state index is 0.203. The van der Waals surface area contributed by atoms with E-state index in [-0.39, 0.29) is 5.91 Å². The Kier molecular flexibility index (Phi) is 5.89. The van der Waals surface area contributed by atoms with Gasteiger partial charge in [-0.25, -0.2) is 0 Å². The molecule has 1 amide bonds. The zero-order valence-electron chi connectivity index (χ0n) is 14.2. The average Bonchev–Trinajstić information content (AvgIpc) is 2.64. The summed E-state index contributed by atoms with van der Waals surface area (Å²) in [5.41, 5.74) is 1.31. The predicted molar refractivity (Wildman–Crippen MR) is 90.3 cm³/mol. The minimum atomic E-state index is -0.203. The van der Waals surface area contributed by atoms with Crippen LogP contribution in [0, 0.1) is 0 Å². The predicted octanol–water partition coefficient (Wildman–Crippen LogP) is 2.65. The molecule has 2 aromatic rings. The monoisotopic (exact) mass is 331 g/mol. The molecular weight excluding hydrogens is 310 g/mol. The molecule has 0 saturated carbocycles. The van der Waals surface area contributed by atoms with Crippen LogP contribution in [0.3, 0.4) is 0 Å². The molecule has 0 saturated heterocycles. The van der Waals surface area contributed by atoms with E-state index in [4.69, 9.17) is 18.9 Å². The van der Waals surface area contributed by atoms with Crippen molar-refractivity contribution < 1.29 is 23.7 Å². The summed E-state index contributed by atoms with van der Waals surface area (Å²) in [5.74, 6) is 2.02. The van der Waals surface area contributed by atoms with Crippen molar-refractivity contribution in [1.82, 2.24) is 5.32 Å². The van der Waals surface area contributed by atoms with Gasteiger partial charge in [0.05, 0.1) is 28.4 Å². The number of benzene rings is 2. The van der Waals surface area contributed by atoms with E-state index in [2.05, 4.69) is 5.32 Å². The first-order valence-corrected chi connectivity index (χ1v) is 7.34. The van der Waals surface area contributed by atoms with Crippen LogP contribution in [0.15, 0.2) is 36.4 Å². The molecule has 128 valence electrons. The molecule has 6 nitrogen and oxygen atoms in total. The lowest BCUT2D eigenvalue weighted by molar-refractivity contribution is 0.0950. The fourth-order valence-corrected chi connectivity index (χ4v) is 2.34. The molecule has 0 aliphatic heterocycles. The number of ether oxygens (including phenoxy) is 4. The number of rotatable bonds is 7. The van der Waals surface area contributed by atoms with Crippen molar-refractivity contribution in [2.45, 2.75) is 6.54 Å². The smallest absolute Gasteiger partial charge is 0.251 e. The van der Waals surface area contributed by atoms with Crippen molar-refractivity contribution in [3.8, 4) is 23.0 Å². The van der Waals surface area contributed by atoms with Crippen molar-refractivity contribution in [3.05, 3.63) is 47.5 Å². The molecule has 0 heterocycles. The Morgan fingerprint density at radius 2 is 1.67 bits per heavy atom.